The Kier molecular flexibility index (Phi) is 4.51. The van der Waals surface area contributed by atoms with Crippen molar-refractivity contribution in [3.8, 4) is 5.75 Å². The Morgan fingerprint density at radius 1 is 1.31 bits per heavy atom. The van der Waals surface area contributed by atoms with Crippen LogP contribution in [0.15, 0.2) is 41.7 Å². The zero-order valence-corrected chi connectivity index (χ0v) is 15.7. The second-order valence-electron chi connectivity index (χ2n) is 7.37. The van der Waals surface area contributed by atoms with Gasteiger partial charge < -0.3 is 10.5 Å². The minimum Gasteiger partial charge on any atom is -0.493 e. The average molecular weight is 407 g/mol. The van der Waals surface area contributed by atoms with Gasteiger partial charge in [0.25, 0.3) is 5.91 Å². The number of nitrogens with zero attached hydrogens (tertiary/aromatic N) is 4. The Balaban J connectivity index is 1.75. The summed E-state index contributed by atoms with van der Waals surface area (Å²) in [5.74, 6) is 0.609. The summed E-state index contributed by atoms with van der Waals surface area (Å²) in [5.41, 5.74) is 4.94. The molecule has 1 atom stereocenters. The van der Waals surface area contributed by atoms with Crippen molar-refractivity contribution < 1.29 is 22.7 Å². The van der Waals surface area contributed by atoms with Crippen LogP contribution < -0.4 is 10.5 Å². The van der Waals surface area contributed by atoms with Crippen molar-refractivity contribution in [3.63, 3.8) is 0 Å². The molecular formula is C19H20F3N5O2. The number of nitrogens with two attached hydrogens (primary N) is 1. The number of aliphatic imine (C=N–C) groups is 1. The lowest BCUT2D eigenvalue weighted by atomic mass is 9.84. The zero-order valence-electron chi connectivity index (χ0n) is 15.7. The first-order valence-corrected chi connectivity index (χ1v) is 9.15. The van der Waals surface area contributed by atoms with Gasteiger partial charge in [-0.15, -0.1) is 0 Å². The Morgan fingerprint density at radius 2 is 2.07 bits per heavy atom. The molecule has 1 unspecified atom stereocenters. The molecule has 7 nitrogen and oxygen atoms in total. The molecule has 2 N–H and O–H groups in total. The van der Waals surface area contributed by atoms with Gasteiger partial charge in [-0.2, -0.15) is 18.3 Å². The lowest BCUT2D eigenvalue weighted by molar-refractivity contribution is -0.142. The third-order valence-electron chi connectivity index (χ3n) is 5.07. The van der Waals surface area contributed by atoms with Gasteiger partial charge in [-0.25, -0.2) is 4.99 Å². The van der Waals surface area contributed by atoms with Gasteiger partial charge in [-0.3, -0.25) is 14.4 Å². The minimum atomic E-state index is -4.44. The number of rotatable bonds is 6. The Hall–Kier alpha value is -3.04. The second-order valence-corrected chi connectivity index (χ2v) is 7.37. The van der Waals surface area contributed by atoms with E-state index in [1.807, 2.05) is 0 Å². The van der Waals surface area contributed by atoms with E-state index >= 15 is 0 Å². The van der Waals surface area contributed by atoms with Gasteiger partial charge >= 0.3 is 6.18 Å². The van der Waals surface area contributed by atoms with E-state index < -0.39 is 24.2 Å². The third kappa shape index (κ3) is 3.66. The van der Waals surface area contributed by atoms with E-state index in [1.54, 1.807) is 24.3 Å². The fourth-order valence-electron chi connectivity index (χ4n) is 3.31. The van der Waals surface area contributed by atoms with Crippen LogP contribution in [0.3, 0.4) is 0 Å². The molecule has 1 aromatic heterocycles. The van der Waals surface area contributed by atoms with Crippen molar-refractivity contribution >= 4 is 11.9 Å². The maximum atomic E-state index is 13.2. The van der Waals surface area contributed by atoms with E-state index in [2.05, 4.69) is 10.1 Å². The van der Waals surface area contributed by atoms with Crippen LogP contribution in [-0.2, 0) is 16.9 Å². The third-order valence-corrected chi connectivity index (χ3v) is 5.07. The van der Waals surface area contributed by atoms with E-state index in [-0.39, 0.29) is 11.5 Å². The number of guanidine groups is 1. The van der Waals surface area contributed by atoms with Crippen molar-refractivity contribution in [1.82, 2.24) is 14.7 Å². The molecule has 1 saturated carbocycles. The number of halogens is 3. The number of hydrogen-bond acceptors (Lipinski definition) is 5. The second kappa shape index (κ2) is 6.78. The molecule has 4 rings (SSSR count). The van der Waals surface area contributed by atoms with Crippen LogP contribution in [-0.4, -0.2) is 46.4 Å². The van der Waals surface area contributed by atoms with Crippen molar-refractivity contribution in [2.45, 2.75) is 31.1 Å². The molecule has 154 valence electrons. The smallest absolute Gasteiger partial charge is 0.408 e. The van der Waals surface area contributed by atoms with Crippen molar-refractivity contribution in [3.05, 3.63) is 47.8 Å². The molecule has 1 aliphatic heterocycles. The monoisotopic (exact) mass is 407 g/mol. The lowest BCUT2D eigenvalue weighted by Gasteiger charge is -2.24. The van der Waals surface area contributed by atoms with E-state index in [0.717, 1.165) is 17.5 Å². The number of carbonyl (C=O) groups is 1. The van der Waals surface area contributed by atoms with Gasteiger partial charge in [0.2, 0.25) is 0 Å². The number of likely N-dealkylation sites (N-methyl/N-ethyl adjacent to an activating group) is 1. The Morgan fingerprint density at radius 3 is 2.69 bits per heavy atom. The molecule has 1 aliphatic carbocycles. The topological polar surface area (TPSA) is 85.7 Å². The number of amides is 1. The van der Waals surface area contributed by atoms with Crippen LogP contribution in [0.5, 0.6) is 5.75 Å². The predicted molar refractivity (Wildman–Crippen MR) is 98.1 cm³/mol. The van der Waals surface area contributed by atoms with E-state index in [9.17, 15) is 18.0 Å². The highest BCUT2D eigenvalue weighted by Gasteiger charge is 2.50. The SMILES string of the molecule is CN1C(=O)C(c2cccc(OCC3CC3)c2)(c2cnn(CC(F)(F)F)c2)N=C1N. The van der Waals surface area contributed by atoms with Crippen LogP contribution in [0.2, 0.25) is 0 Å². The van der Waals surface area contributed by atoms with Gasteiger partial charge in [0.05, 0.1) is 12.8 Å². The number of ether oxygens (including phenoxy) is 1. The summed E-state index contributed by atoms with van der Waals surface area (Å²) in [7, 11) is 1.47. The molecule has 0 saturated heterocycles. The van der Waals surface area contributed by atoms with Gasteiger partial charge in [0.1, 0.15) is 12.3 Å². The van der Waals surface area contributed by atoms with Crippen LogP contribution in [0.25, 0.3) is 0 Å². The highest BCUT2D eigenvalue weighted by atomic mass is 19.4. The molecule has 10 heteroatoms. The van der Waals surface area contributed by atoms with E-state index in [0.29, 0.717) is 23.8 Å². The molecule has 2 aromatic rings. The minimum absolute atomic E-state index is 0.0251. The standard InChI is InChI=1S/C19H20F3N5O2/c1-26-16(28)19(25-17(26)23,14-8-24-27(9-14)11-18(20,21)22)13-3-2-4-15(7-13)29-10-12-5-6-12/h2-4,7-9,12H,5-6,10-11H2,1H3,(H2,23,25). The first-order valence-electron chi connectivity index (χ1n) is 9.15. The maximum absolute atomic E-state index is 13.2. The quantitative estimate of drug-likeness (QED) is 0.796. The first-order chi connectivity index (χ1) is 13.7. The summed E-state index contributed by atoms with van der Waals surface area (Å²) in [6.07, 6.45) is 0.223. The van der Waals surface area contributed by atoms with Crippen LogP contribution >= 0.6 is 0 Å². The van der Waals surface area contributed by atoms with Crippen molar-refractivity contribution in [2.75, 3.05) is 13.7 Å². The molecule has 0 bridgehead atoms. The number of alkyl halides is 3. The molecule has 1 amide bonds. The molecule has 2 aliphatic rings. The van der Waals surface area contributed by atoms with Crippen LogP contribution in [0, 0.1) is 5.92 Å². The highest BCUT2D eigenvalue weighted by Crippen LogP contribution is 2.40. The van der Waals surface area contributed by atoms with Gasteiger partial charge in [0, 0.05) is 18.8 Å². The van der Waals surface area contributed by atoms with Gasteiger partial charge in [-0.05, 0) is 36.5 Å². The average Bonchev–Trinajstić information content (AvgIpc) is 3.34. The summed E-state index contributed by atoms with van der Waals surface area (Å²) in [5, 5.41) is 3.78. The summed E-state index contributed by atoms with van der Waals surface area (Å²) in [6.45, 7) is -0.684. The van der Waals surface area contributed by atoms with Gasteiger partial charge in [-0.1, -0.05) is 12.1 Å². The number of hydrogen-bond donors (Lipinski definition) is 1. The number of aromatic nitrogens is 2. The summed E-state index contributed by atoms with van der Waals surface area (Å²) < 4.78 is 44.8. The number of benzene rings is 1. The fraction of sp³-hybridized carbons (Fsp3) is 0.421. The summed E-state index contributed by atoms with van der Waals surface area (Å²) in [4.78, 5) is 18.7. The molecule has 2 heterocycles. The first kappa shape index (κ1) is 19.3. The van der Waals surface area contributed by atoms with Crippen LogP contribution in [0.1, 0.15) is 24.0 Å². The Bertz CT molecular complexity index is 967. The Labute approximate surface area is 165 Å². The summed E-state index contributed by atoms with van der Waals surface area (Å²) >= 11 is 0. The summed E-state index contributed by atoms with van der Waals surface area (Å²) in [6, 6.07) is 6.84. The van der Waals surface area contributed by atoms with E-state index in [4.69, 9.17) is 10.5 Å². The van der Waals surface area contributed by atoms with Crippen molar-refractivity contribution in [2.24, 2.45) is 16.6 Å². The zero-order chi connectivity index (χ0) is 20.8. The highest BCUT2D eigenvalue weighted by molar-refractivity contribution is 6.08. The molecule has 0 spiro atoms. The number of carbonyl (C=O) groups excluding carboxylic acids is 1. The van der Waals surface area contributed by atoms with Crippen molar-refractivity contribution in [1.29, 1.82) is 0 Å². The molecule has 29 heavy (non-hydrogen) atoms. The molecule has 1 fully saturated rings. The fourth-order valence-corrected chi connectivity index (χ4v) is 3.31. The molecule has 0 radical (unpaired) electrons. The largest absolute Gasteiger partial charge is 0.493 e. The van der Waals surface area contributed by atoms with Crippen LogP contribution in [0.4, 0.5) is 13.2 Å². The normalized spacial score (nSPS) is 22.1. The predicted octanol–water partition coefficient (Wildman–Crippen LogP) is 2.26. The van der Waals surface area contributed by atoms with E-state index in [1.165, 1.54) is 24.3 Å². The lowest BCUT2D eigenvalue weighted by Crippen LogP contribution is -2.41. The van der Waals surface area contributed by atoms with Gasteiger partial charge in [0.15, 0.2) is 11.5 Å². The molecular weight excluding hydrogens is 387 g/mol. The molecule has 1 aromatic carbocycles. The maximum Gasteiger partial charge on any atom is 0.408 e.